The molecule has 0 bridgehead atoms. The molecule has 0 radical (unpaired) electrons. The maximum atomic E-state index is 5.49. The van der Waals surface area contributed by atoms with Gasteiger partial charge in [0.05, 0.1) is 7.11 Å². The summed E-state index contributed by atoms with van der Waals surface area (Å²) in [5, 5.41) is 0. The van der Waals surface area contributed by atoms with Gasteiger partial charge in [0, 0.05) is 0 Å². The zero-order valence-corrected chi connectivity index (χ0v) is 10.5. The van der Waals surface area contributed by atoms with Gasteiger partial charge in [-0.05, 0) is 63.0 Å². The highest BCUT2D eigenvalue weighted by molar-refractivity contribution is 5.39. The van der Waals surface area contributed by atoms with E-state index in [2.05, 4.69) is 37.1 Å². The summed E-state index contributed by atoms with van der Waals surface area (Å²) in [5.74, 6) is 1.74. The van der Waals surface area contributed by atoms with Crippen LogP contribution in [0.3, 0.4) is 0 Å². The molecule has 2 heteroatoms. The second-order valence-corrected chi connectivity index (χ2v) is 4.82. The molecule has 1 aliphatic rings. The Balaban J connectivity index is 2.19. The predicted molar refractivity (Wildman–Crippen MR) is 67.2 cm³/mol. The SMILES string of the molecule is COc1cc(C)ccc1C1CCN(C)CC1. The van der Waals surface area contributed by atoms with E-state index < -0.39 is 0 Å². The number of aryl methyl sites for hydroxylation is 1. The number of hydrogen-bond donors (Lipinski definition) is 0. The van der Waals surface area contributed by atoms with E-state index in [1.165, 1.54) is 37.1 Å². The highest BCUT2D eigenvalue weighted by atomic mass is 16.5. The molecule has 0 spiro atoms. The molecule has 0 atom stereocenters. The van der Waals surface area contributed by atoms with Crippen molar-refractivity contribution in [2.24, 2.45) is 0 Å². The van der Waals surface area contributed by atoms with Crippen LogP contribution < -0.4 is 4.74 Å². The van der Waals surface area contributed by atoms with E-state index in [9.17, 15) is 0 Å². The minimum absolute atomic E-state index is 0.673. The van der Waals surface area contributed by atoms with Crippen molar-refractivity contribution in [1.82, 2.24) is 4.90 Å². The van der Waals surface area contributed by atoms with Crippen LogP contribution in [0.4, 0.5) is 0 Å². The van der Waals surface area contributed by atoms with Crippen LogP contribution in [0.5, 0.6) is 5.75 Å². The van der Waals surface area contributed by atoms with Crippen LogP contribution in [-0.2, 0) is 0 Å². The van der Waals surface area contributed by atoms with Gasteiger partial charge >= 0.3 is 0 Å². The number of ether oxygens (including phenoxy) is 1. The molecule has 2 rings (SSSR count). The van der Waals surface area contributed by atoms with Gasteiger partial charge in [-0.25, -0.2) is 0 Å². The average Bonchev–Trinajstić information content (AvgIpc) is 2.30. The molecule has 1 fully saturated rings. The van der Waals surface area contributed by atoms with Gasteiger partial charge in [-0.15, -0.1) is 0 Å². The quantitative estimate of drug-likeness (QED) is 0.758. The van der Waals surface area contributed by atoms with E-state index in [1.54, 1.807) is 7.11 Å². The minimum Gasteiger partial charge on any atom is -0.496 e. The smallest absolute Gasteiger partial charge is 0.122 e. The number of likely N-dealkylation sites (tertiary alicyclic amines) is 1. The number of methoxy groups -OCH3 is 1. The number of nitrogens with zero attached hydrogens (tertiary/aromatic N) is 1. The summed E-state index contributed by atoms with van der Waals surface area (Å²) in [7, 11) is 3.97. The van der Waals surface area contributed by atoms with Gasteiger partial charge in [-0.2, -0.15) is 0 Å². The summed E-state index contributed by atoms with van der Waals surface area (Å²) < 4.78 is 5.49. The van der Waals surface area contributed by atoms with E-state index in [-0.39, 0.29) is 0 Å². The minimum atomic E-state index is 0.673. The summed E-state index contributed by atoms with van der Waals surface area (Å²) in [6, 6.07) is 6.58. The zero-order valence-electron chi connectivity index (χ0n) is 10.5. The molecular formula is C14H21NO. The summed E-state index contributed by atoms with van der Waals surface area (Å²) in [4.78, 5) is 2.40. The Kier molecular flexibility index (Phi) is 3.49. The van der Waals surface area contributed by atoms with Crippen LogP contribution in [0, 0.1) is 6.92 Å². The molecule has 0 unspecified atom stereocenters. The van der Waals surface area contributed by atoms with Gasteiger partial charge in [-0.1, -0.05) is 12.1 Å². The normalized spacial score (nSPS) is 18.7. The molecule has 1 aliphatic heterocycles. The molecule has 0 N–H and O–H groups in total. The highest BCUT2D eigenvalue weighted by Gasteiger charge is 2.21. The van der Waals surface area contributed by atoms with Crippen LogP contribution in [0.25, 0.3) is 0 Å². The molecule has 1 saturated heterocycles. The fourth-order valence-corrected chi connectivity index (χ4v) is 2.48. The zero-order chi connectivity index (χ0) is 11.5. The number of rotatable bonds is 2. The third-order valence-corrected chi connectivity index (χ3v) is 3.55. The lowest BCUT2D eigenvalue weighted by molar-refractivity contribution is 0.252. The first-order valence-corrected chi connectivity index (χ1v) is 6.04. The second-order valence-electron chi connectivity index (χ2n) is 4.82. The van der Waals surface area contributed by atoms with Crippen molar-refractivity contribution in [3.8, 4) is 5.75 Å². The fourth-order valence-electron chi connectivity index (χ4n) is 2.48. The maximum Gasteiger partial charge on any atom is 0.122 e. The summed E-state index contributed by atoms with van der Waals surface area (Å²) in [6.45, 7) is 4.50. The number of hydrogen-bond acceptors (Lipinski definition) is 2. The molecular weight excluding hydrogens is 198 g/mol. The molecule has 0 amide bonds. The largest absolute Gasteiger partial charge is 0.496 e. The summed E-state index contributed by atoms with van der Waals surface area (Å²) in [5.41, 5.74) is 2.66. The Morgan fingerprint density at radius 3 is 2.56 bits per heavy atom. The van der Waals surface area contributed by atoms with Crippen molar-refractivity contribution in [1.29, 1.82) is 0 Å². The number of piperidine rings is 1. The Bertz CT molecular complexity index is 354. The number of benzene rings is 1. The van der Waals surface area contributed by atoms with E-state index in [4.69, 9.17) is 4.74 Å². The van der Waals surface area contributed by atoms with E-state index in [0.29, 0.717) is 5.92 Å². The Hall–Kier alpha value is -1.02. The Morgan fingerprint density at radius 2 is 1.94 bits per heavy atom. The van der Waals surface area contributed by atoms with Gasteiger partial charge in [0.2, 0.25) is 0 Å². The van der Waals surface area contributed by atoms with Crippen molar-refractivity contribution in [3.63, 3.8) is 0 Å². The van der Waals surface area contributed by atoms with Crippen molar-refractivity contribution in [2.75, 3.05) is 27.2 Å². The topological polar surface area (TPSA) is 12.5 Å². The lowest BCUT2D eigenvalue weighted by atomic mass is 9.88. The molecule has 0 aromatic heterocycles. The highest BCUT2D eigenvalue weighted by Crippen LogP contribution is 2.34. The van der Waals surface area contributed by atoms with Crippen molar-refractivity contribution in [3.05, 3.63) is 29.3 Å². The molecule has 1 aromatic carbocycles. The summed E-state index contributed by atoms with van der Waals surface area (Å²) in [6.07, 6.45) is 2.49. The molecule has 0 aliphatic carbocycles. The van der Waals surface area contributed by atoms with Gasteiger partial charge in [0.25, 0.3) is 0 Å². The van der Waals surface area contributed by atoms with Crippen LogP contribution in [0.2, 0.25) is 0 Å². The summed E-state index contributed by atoms with van der Waals surface area (Å²) >= 11 is 0. The van der Waals surface area contributed by atoms with Crippen LogP contribution in [0.1, 0.15) is 29.9 Å². The molecule has 88 valence electrons. The third-order valence-electron chi connectivity index (χ3n) is 3.55. The molecule has 16 heavy (non-hydrogen) atoms. The third kappa shape index (κ3) is 2.38. The second kappa shape index (κ2) is 4.88. The van der Waals surface area contributed by atoms with E-state index in [0.717, 1.165) is 5.75 Å². The fraction of sp³-hybridized carbons (Fsp3) is 0.571. The molecule has 1 heterocycles. The van der Waals surface area contributed by atoms with Crippen LogP contribution >= 0.6 is 0 Å². The predicted octanol–water partition coefficient (Wildman–Crippen LogP) is 2.81. The van der Waals surface area contributed by atoms with E-state index in [1.807, 2.05) is 0 Å². The standard InChI is InChI=1S/C14H21NO/c1-11-4-5-13(14(10-11)16-3)12-6-8-15(2)9-7-12/h4-5,10,12H,6-9H2,1-3H3. The molecule has 1 aromatic rings. The first kappa shape index (κ1) is 11.5. The van der Waals surface area contributed by atoms with E-state index >= 15 is 0 Å². The Morgan fingerprint density at radius 1 is 1.25 bits per heavy atom. The van der Waals surface area contributed by atoms with Crippen molar-refractivity contribution < 1.29 is 4.74 Å². The molecule has 2 nitrogen and oxygen atoms in total. The van der Waals surface area contributed by atoms with Gasteiger partial charge < -0.3 is 9.64 Å². The monoisotopic (exact) mass is 219 g/mol. The average molecular weight is 219 g/mol. The van der Waals surface area contributed by atoms with Crippen LogP contribution in [-0.4, -0.2) is 32.1 Å². The Labute approximate surface area is 98.2 Å². The lowest BCUT2D eigenvalue weighted by Gasteiger charge is -2.30. The maximum absolute atomic E-state index is 5.49. The van der Waals surface area contributed by atoms with Crippen molar-refractivity contribution >= 4 is 0 Å². The van der Waals surface area contributed by atoms with Gasteiger partial charge in [0.15, 0.2) is 0 Å². The first-order valence-electron chi connectivity index (χ1n) is 6.04. The molecule has 0 saturated carbocycles. The lowest BCUT2D eigenvalue weighted by Crippen LogP contribution is -2.29. The van der Waals surface area contributed by atoms with Gasteiger partial charge in [0.1, 0.15) is 5.75 Å². The first-order chi connectivity index (χ1) is 7.70. The van der Waals surface area contributed by atoms with Crippen molar-refractivity contribution in [2.45, 2.75) is 25.7 Å². The van der Waals surface area contributed by atoms with Gasteiger partial charge in [-0.3, -0.25) is 0 Å². The van der Waals surface area contributed by atoms with Crippen LogP contribution in [0.15, 0.2) is 18.2 Å².